The molecule has 0 aliphatic rings. The van der Waals surface area contributed by atoms with E-state index in [9.17, 15) is 0 Å². The number of benzene rings is 1. The van der Waals surface area contributed by atoms with E-state index in [1.807, 2.05) is 0 Å². The van der Waals surface area contributed by atoms with E-state index in [2.05, 4.69) is 42.7 Å². The number of para-hydroxylation sites is 1. The van der Waals surface area contributed by atoms with Crippen molar-refractivity contribution in [1.29, 1.82) is 0 Å². The summed E-state index contributed by atoms with van der Waals surface area (Å²) >= 11 is 0. The van der Waals surface area contributed by atoms with Crippen LogP contribution in [0.25, 0.3) is 10.9 Å². The topological polar surface area (TPSA) is 30.9 Å². The number of hydrogen-bond donors (Lipinski definition) is 1. The molecule has 74 valence electrons. The first-order valence-corrected chi connectivity index (χ1v) is 5.00. The summed E-state index contributed by atoms with van der Waals surface area (Å²) < 4.78 is 2.30. The molecule has 0 atom stereocenters. The Morgan fingerprint density at radius 2 is 1.93 bits per heavy atom. The van der Waals surface area contributed by atoms with Gasteiger partial charge in [0.2, 0.25) is 0 Å². The fourth-order valence-corrected chi connectivity index (χ4v) is 2.02. The van der Waals surface area contributed by atoms with Gasteiger partial charge in [0.15, 0.2) is 0 Å². The molecule has 2 nitrogen and oxygen atoms in total. The third-order valence-electron chi connectivity index (χ3n) is 2.90. The van der Waals surface area contributed by atoms with Crippen molar-refractivity contribution in [3.8, 4) is 0 Å². The Labute approximate surface area is 84.3 Å². The van der Waals surface area contributed by atoms with E-state index in [0.717, 1.165) is 6.54 Å². The molecule has 2 heteroatoms. The molecule has 0 unspecified atom stereocenters. The Balaban J connectivity index is 2.74. The van der Waals surface area contributed by atoms with Gasteiger partial charge in [0.05, 0.1) is 0 Å². The van der Waals surface area contributed by atoms with E-state index < -0.39 is 0 Å². The summed E-state index contributed by atoms with van der Waals surface area (Å²) in [4.78, 5) is 0. The first-order valence-electron chi connectivity index (χ1n) is 5.00. The van der Waals surface area contributed by atoms with E-state index in [1.165, 1.54) is 22.2 Å². The second-order valence-electron chi connectivity index (χ2n) is 3.67. The van der Waals surface area contributed by atoms with Crippen LogP contribution in [0.1, 0.15) is 11.3 Å². The molecular formula is C12H16N2. The normalized spacial score (nSPS) is 11.1. The molecule has 0 saturated carbocycles. The minimum Gasteiger partial charge on any atom is -0.343 e. The van der Waals surface area contributed by atoms with Crippen LogP contribution in [0.2, 0.25) is 0 Å². The van der Waals surface area contributed by atoms with E-state index >= 15 is 0 Å². The zero-order valence-corrected chi connectivity index (χ0v) is 8.75. The molecule has 1 aromatic carbocycles. The van der Waals surface area contributed by atoms with Crippen LogP contribution >= 0.6 is 0 Å². The largest absolute Gasteiger partial charge is 0.343 e. The van der Waals surface area contributed by atoms with E-state index in [-0.39, 0.29) is 0 Å². The highest BCUT2D eigenvalue weighted by molar-refractivity contribution is 5.85. The quantitative estimate of drug-likeness (QED) is 0.769. The number of aryl methyl sites for hydroxylation is 1. The lowest BCUT2D eigenvalue weighted by molar-refractivity contribution is 0.713. The molecule has 2 rings (SSSR count). The first kappa shape index (κ1) is 9.28. The number of nitrogens with zero attached hydrogens (tertiary/aromatic N) is 1. The summed E-state index contributed by atoms with van der Waals surface area (Å²) in [6.45, 7) is 5.93. The van der Waals surface area contributed by atoms with Gasteiger partial charge in [-0.05, 0) is 25.5 Å². The molecule has 2 aromatic rings. The average Bonchev–Trinajstić information content (AvgIpc) is 2.45. The molecule has 1 heterocycles. The van der Waals surface area contributed by atoms with Crippen molar-refractivity contribution in [3.63, 3.8) is 0 Å². The number of hydrogen-bond acceptors (Lipinski definition) is 1. The van der Waals surface area contributed by atoms with Crippen LogP contribution in [0.4, 0.5) is 0 Å². The van der Waals surface area contributed by atoms with Gasteiger partial charge in [0.1, 0.15) is 0 Å². The zero-order chi connectivity index (χ0) is 10.1. The Bertz CT molecular complexity index is 455. The van der Waals surface area contributed by atoms with Gasteiger partial charge in [-0.25, -0.2) is 0 Å². The highest BCUT2D eigenvalue weighted by Gasteiger charge is 2.08. The fraction of sp³-hybridized carbons (Fsp3) is 0.333. The molecule has 0 fully saturated rings. The second-order valence-corrected chi connectivity index (χ2v) is 3.67. The maximum absolute atomic E-state index is 5.61. The van der Waals surface area contributed by atoms with Crippen LogP contribution < -0.4 is 5.73 Å². The maximum atomic E-state index is 5.61. The van der Waals surface area contributed by atoms with Gasteiger partial charge >= 0.3 is 0 Å². The molecule has 0 amide bonds. The van der Waals surface area contributed by atoms with Crippen LogP contribution in [-0.4, -0.2) is 11.1 Å². The van der Waals surface area contributed by atoms with Crippen molar-refractivity contribution in [3.05, 3.63) is 35.5 Å². The van der Waals surface area contributed by atoms with E-state index in [1.54, 1.807) is 0 Å². The van der Waals surface area contributed by atoms with Crippen LogP contribution in [0, 0.1) is 13.8 Å². The van der Waals surface area contributed by atoms with Crippen molar-refractivity contribution in [2.75, 3.05) is 6.54 Å². The third-order valence-corrected chi connectivity index (χ3v) is 2.90. The molecule has 14 heavy (non-hydrogen) atoms. The molecule has 0 aliphatic heterocycles. The third kappa shape index (κ3) is 1.23. The maximum Gasteiger partial charge on any atom is 0.0485 e. The average molecular weight is 188 g/mol. The van der Waals surface area contributed by atoms with Crippen molar-refractivity contribution < 1.29 is 0 Å². The zero-order valence-electron chi connectivity index (χ0n) is 8.75. The predicted molar refractivity (Wildman–Crippen MR) is 60.5 cm³/mol. The molecular weight excluding hydrogens is 172 g/mol. The lowest BCUT2D eigenvalue weighted by Gasteiger charge is -2.05. The molecule has 2 N–H and O–H groups in total. The van der Waals surface area contributed by atoms with Gasteiger partial charge in [-0.15, -0.1) is 0 Å². The lowest BCUT2D eigenvalue weighted by atomic mass is 10.2. The van der Waals surface area contributed by atoms with Gasteiger partial charge in [0.25, 0.3) is 0 Å². The van der Waals surface area contributed by atoms with Crippen LogP contribution in [0.5, 0.6) is 0 Å². The fourth-order valence-electron chi connectivity index (χ4n) is 2.02. The minimum atomic E-state index is 0.693. The van der Waals surface area contributed by atoms with Gasteiger partial charge in [-0.2, -0.15) is 0 Å². The van der Waals surface area contributed by atoms with E-state index in [4.69, 9.17) is 5.73 Å². The Morgan fingerprint density at radius 3 is 2.64 bits per heavy atom. The van der Waals surface area contributed by atoms with E-state index in [0.29, 0.717) is 6.54 Å². The summed E-state index contributed by atoms with van der Waals surface area (Å²) in [5.41, 5.74) is 9.61. The standard InChI is InChI=1S/C12H16N2/c1-9-10(2)14(8-7-13)12-6-4-3-5-11(9)12/h3-6H,7-8,13H2,1-2H3. The van der Waals surface area contributed by atoms with Gasteiger partial charge < -0.3 is 10.3 Å². The molecule has 1 aromatic heterocycles. The molecule has 0 radical (unpaired) electrons. The summed E-state index contributed by atoms with van der Waals surface area (Å²) in [6, 6.07) is 8.49. The molecule has 0 saturated heterocycles. The molecule has 0 spiro atoms. The summed E-state index contributed by atoms with van der Waals surface area (Å²) in [7, 11) is 0. The minimum absolute atomic E-state index is 0.693. The Hall–Kier alpha value is -1.28. The molecule has 0 bridgehead atoms. The van der Waals surface area contributed by atoms with Gasteiger partial charge in [-0.3, -0.25) is 0 Å². The highest BCUT2D eigenvalue weighted by atomic mass is 15.0. The van der Waals surface area contributed by atoms with Crippen LogP contribution in [0.3, 0.4) is 0 Å². The summed E-state index contributed by atoms with van der Waals surface area (Å²) in [5.74, 6) is 0. The molecule has 0 aliphatic carbocycles. The SMILES string of the molecule is Cc1c(C)n(CCN)c2ccccc12. The van der Waals surface area contributed by atoms with Crippen molar-refractivity contribution in [2.24, 2.45) is 5.73 Å². The van der Waals surface area contributed by atoms with Crippen molar-refractivity contribution in [1.82, 2.24) is 4.57 Å². The Kier molecular flexibility index (Phi) is 2.30. The number of fused-ring (bicyclic) bond motifs is 1. The highest BCUT2D eigenvalue weighted by Crippen LogP contribution is 2.24. The van der Waals surface area contributed by atoms with Crippen molar-refractivity contribution >= 4 is 10.9 Å². The lowest BCUT2D eigenvalue weighted by Crippen LogP contribution is -2.10. The first-order chi connectivity index (χ1) is 6.75. The second kappa shape index (κ2) is 3.46. The summed E-state index contributed by atoms with van der Waals surface area (Å²) in [5, 5.41) is 1.35. The van der Waals surface area contributed by atoms with Gasteiger partial charge in [0, 0.05) is 29.7 Å². The number of aromatic nitrogens is 1. The monoisotopic (exact) mass is 188 g/mol. The Morgan fingerprint density at radius 1 is 1.21 bits per heavy atom. The number of rotatable bonds is 2. The number of nitrogens with two attached hydrogens (primary N) is 1. The van der Waals surface area contributed by atoms with Crippen molar-refractivity contribution in [2.45, 2.75) is 20.4 Å². The predicted octanol–water partition coefficient (Wildman–Crippen LogP) is 2.22. The smallest absolute Gasteiger partial charge is 0.0485 e. The summed E-state index contributed by atoms with van der Waals surface area (Å²) in [6.07, 6.45) is 0. The van der Waals surface area contributed by atoms with Crippen LogP contribution in [0.15, 0.2) is 24.3 Å². The van der Waals surface area contributed by atoms with Crippen LogP contribution in [-0.2, 0) is 6.54 Å². The van der Waals surface area contributed by atoms with Gasteiger partial charge in [-0.1, -0.05) is 18.2 Å².